The minimum absolute atomic E-state index is 0. The summed E-state index contributed by atoms with van der Waals surface area (Å²) in [6.07, 6.45) is 0.973. The third-order valence-corrected chi connectivity index (χ3v) is 3.27. The Hall–Kier alpha value is -1.02. The van der Waals surface area contributed by atoms with Crippen molar-refractivity contribution in [3.05, 3.63) is 29.3 Å². The van der Waals surface area contributed by atoms with Crippen molar-refractivity contribution >= 4 is 29.9 Å². The summed E-state index contributed by atoms with van der Waals surface area (Å²) in [5.41, 5.74) is 2.33. The van der Waals surface area contributed by atoms with Gasteiger partial charge in [0.1, 0.15) is 5.75 Å². The van der Waals surface area contributed by atoms with Gasteiger partial charge in [-0.2, -0.15) is 0 Å². The average molecular weight is 449 g/mol. The number of nitrogens with zero attached hydrogens (tertiary/aromatic N) is 1. The maximum atomic E-state index is 5.57. The van der Waals surface area contributed by atoms with Crippen LogP contribution in [0.3, 0.4) is 0 Å². The molecule has 0 spiro atoms. The fourth-order valence-corrected chi connectivity index (χ4v) is 2.16. The van der Waals surface area contributed by atoms with E-state index in [0.717, 1.165) is 50.0 Å². The number of aryl methyl sites for hydroxylation is 1. The number of aliphatic imine (C=N–C) groups is 1. The van der Waals surface area contributed by atoms with Gasteiger partial charge in [-0.05, 0) is 51.3 Å². The van der Waals surface area contributed by atoms with Crippen LogP contribution in [-0.2, 0) is 11.3 Å². The van der Waals surface area contributed by atoms with Crippen molar-refractivity contribution in [2.24, 2.45) is 4.99 Å². The topological polar surface area (TPSA) is 54.9 Å². The lowest BCUT2D eigenvalue weighted by molar-refractivity contribution is 0.145. The second-order valence-corrected chi connectivity index (χ2v) is 5.21. The SMILES string of the molecule is CCNC(=NCc1ccc(OCC)c(C)c1)NCCCOCC.I. The minimum atomic E-state index is 0. The molecule has 0 fully saturated rings. The van der Waals surface area contributed by atoms with Gasteiger partial charge < -0.3 is 20.1 Å². The van der Waals surface area contributed by atoms with Gasteiger partial charge in [0.05, 0.1) is 13.2 Å². The molecule has 0 atom stereocenters. The molecule has 0 aliphatic rings. The maximum Gasteiger partial charge on any atom is 0.191 e. The molecule has 6 heteroatoms. The van der Waals surface area contributed by atoms with Gasteiger partial charge in [0.25, 0.3) is 0 Å². The predicted octanol–water partition coefficient (Wildman–Crippen LogP) is 3.49. The summed E-state index contributed by atoms with van der Waals surface area (Å²) < 4.78 is 10.9. The van der Waals surface area contributed by atoms with Crippen LogP contribution in [0.4, 0.5) is 0 Å². The van der Waals surface area contributed by atoms with Gasteiger partial charge in [-0.3, -0.25) is 0 Å². The molecule has 0 bridgehead atoms. The second-order valence-electron chi connectivity index (χ2n) is 5.21. The summed E-state index contributed by atoms with van der Waals surface area (Å²) in [5.74, 6) is 1.79. The smallest absolute Gasteiger partial charge is 0.191 e. The number of ether oxygens (including phenoxy) is 2. The van der Waals surface area contributed by atoms with Gasteiger partial charge in [-0.25, -0.2) is 4.99 Å². The Morgan fingerprint density at radius 1 is 1.12 bits per heavy atom. The summed E-state index contributed by atoms with van der Waals surface area (Å²) in [7, 11) is 0. The fraction of sp³-hybridized carbons (Fsp3) is 0.611. The number of hydrogen-bond donors (Lipinski definition) is 2. The Kier molecular flexibility index (Phi) is 13.7. The van der Waals surface area contributed by atoms with Crippen molar-refractivity contribution in [2.45, 2.75) is 40.7 Å². The molecule has 5 nitrogen and oxygen atoms in total. The zero-order chi connectivity index (χ0) is 16.9. The first kappa shape index (κ1) is 23.0. The number of rotatable bonds is 10. The quantitative estimate of drug-likeness (QED) is 0.249. The van der Waals surface area contributed by atoms with E-state index in [1.54, 1.807) is 0 Å². The molecule has 0 unspecified atom stereocenters. The van der Waals surface area contributed by atoms with Crippen molar-refractivity contribution in [3.63, 3.8) is 0 Å². The summed E-state index contributed by atoms with van der Waals surface area (Å²) in [6, 6.07) is 6.22. The van der Waals surface area contributed by atoms with E-state index < -0.39 is 0 Å². The predicted molar refractivity (Wildman–Crippen MR) is 112 cm³/mol. The minimum Gasteiger partial charge on any atom is -0.494 e. The van der Waals surface area contributed by atoms with Crippen molar-refractivity contribution < 1.29 is 9.47 Å². The molecule has 0 saturated carbocycles. The lowest BCUT2D eigenvalue weighted by Crippen LogP contribution is -2.38. The monoisotopic (exact) mass is 449 g/mol. The average Bonchev–Trinajstić information content (AvgIpc) is 2.54. The Labute approximate surface area is 163 Å². The summed E-state index contributed by atoms with van der Waals surface area (Å²) in [4.78, 5) is 4.63. The first-order valence-electron chi connectivity index (χ1n) is 8.53. The van der Waals surface area contributed by atoms with Crippen LogP contribution in [-0.4, -0.2) is 38.9 Å². The highest BCUT2D eigenvalue weighted by molar-refractivity contribution is 14.0. The van der Waals surface area contributed by atoms with Crippen LogP contribution in [0.25, 0.3) is 0 Å². The Balaban J connectivity index is 0.00000529. The van der Waals surface area contributed by atoms with Crippen LogP contribution in [0.2, 0.25) is 0 Å². The van der Waals surface area contributed by atoms with Crippen LogP contribution in [0.1, 0.15) is 38.3 Å². The van der Waals surface area contributed by atoms with Crippen LogP contribution in [0.15, 0.2) is 23.2 Å². The molecule has 2 N–H and O–H groups in total. The van der Waals surface area contributed by atoms with Crippen LogP contribution in [0.5, 0.6) is 5.75 Å². The van der Waals surface area contributed by atoms with Gasteiger partial charge in [0.15, 0.2) is 5.96 Å². The number of guanidine groups is 1. The van der Waals surface area contributed by atoms with Gasteiger partial charge in [-0.15, -0.1) is 24.0 Å². The largest absolute Gasteiger partial charge is 0.494 e. The van der Waals surface area contributed by atoms with Crippen molar-refractivity contribution in [2.75, 3.05) is 32.9 Å². The Morgan fingerprint density at radius 3 is 2.54 bits per heavy atom. The highest BCUT2D eigenvalue weighted by Gasteiger charge is 2.01. The number of benzene rings is 1. The molecule has 24 heavy (non-hydrogen) atoms. The third kappa shape index (κ3) is 9.32. The fourth-order valence-electron chi connectivity index (χ4n) is 2.16. The highest BCUT2D eigenvalue weighted by atomic mass is 127. The van der Waals surface area contributed by atoms with Crippen molar-refractivity contribution in [3.8, 4) is 5.75 Å². The first-order chi connectivity index (χ1) is 11.2. The van der Waals surface area contributed by atoms with Crippen LogP contribution >= 0.6 is 24.0 Å². The number of hydrogen-bond acceptors (Lipinski definition) is 3. The van der Waals surface area contributed by atoms with Crippen LogP contribution < -0.4 is 15.4 Å². The number of nitrogens with one attached hydrogen (secondary N) is 2. The van der Waals surface area contributed by atoms with E-state index in [1.165, 1.54) is 5.56 Å². The molecule has 0 aliphatic heterocycles. The normalized spacial score (nSPS) is 10.9. The van der Waals surface area contributed by atoms with Gasteiger partial charge >= 0.3 is 0 Å². The van der Waals surface area contributed by atoms with Gasteiger partial charge in [-0.1, -0.05) is 12.1 Å². The van der Waals surface area contributed by atoms with E-state index in [2.05, 4.69) is 41.6 Å². The van der Waals surface area contributed by atoms with E-state index in [4.69, 9.17) is 9.47 Å². The second kappa shape index (κ2) is 14.3. The standard InChI is InChI=1S/C18H31N3O2.HI/c1-5-19-18(20-11-8-12-22-6-2)21-14-16-9-10-17(23-7-3)15(4)13-16;/h9-10,13H,5-8,11-12,14H2,1-4H3,(H2,19,20,21);1H. The number of halogens is 1. The maximum absolute atomic E-state index is 5.57. The summed E-state index contributed by atoms with van der Waals surface area (Å²) in [6.45, 7) is 12.7. The Bertz CT molecular complexity index is 481. The third-order valence-electron chi connectivity index (χ3n) is 3.27. The molecule has 1 rings (SSSR count). The molecule has 1 aromatic carbocycles. The van der Waals surface area contributed by atoms with Gasteiger partial charge in [0.2, 0.25) is 0 Å². The van der Waals surface area contributed by atoms with Crippen molar-refractivity contribution in [1.82, 2.24) is 10.6 Å². The highest BCUT2D eigenvalue weighted by Crippen LogP contribution is 2.19. The molecule has 0 aliphatic carbocycles. The van der Waals surface area contributed by atoms with Crippen LogP contribution in [0, 0.1) is 6.92 Å². The van der Waals surface area contributed by atoms with E-state index >= 15 is 0 Å². The lowest BCUT2D eigenvalue weighted by Gasteiger charge is -2.12. The first-order valence-corrected chi connectivity index (χ1v) is 8.53. The molecule has 0 radical (unpaired) electrons. The molecule has 0 saturated heterocycles. The molecular weight excluding hydrogens is 417 g/mol. The summed E-state index contributed by atoms with van der Waals surface area (Å²) >= 11 is 0. The summed E-state index contributed by atoms with van der Waals surface area (Å²) in [5, 5.41) is 6.59. The van der Waals surface area contributed by atoms with E-state index in [0.29, 0.717) is 13.2 Å². The molecular formula is C18H32IN3O2. The zero-order valence-corrected chi connectivity index (χ0v) is 17.7. The molecule has 0 heterocycles. The van der Waals surface area contributed by atoms with E-state index in [1.807, 2.05) is 19.9 Å². The molecule has 0 aromatic heterocycles. The Morgan fingerprint density at radius 2 is 1.92 bits per heavy atom. The van der Waals surface area contributed by atoms with E-state index in [9.17, 15) is 0 Å². The van der Waals surface area contributed by atoms with Crippen molar-refractivity contribution in [1.29, 1.82) is 0 Å². The van der Waals surface area contributed by atoms with Gasteiger partial charge in [0, 0.05) is 26.3 Å². The lowest BCUT2D eigenvalue weighted by atomic mass is 10.1. The van der Waals surface area contributed by atoms with E-state index in [-0.39, 0.29) is 24.0 Å². The molecule has 138 valence electrons. The molecule has 0 amide bonds. The molecule has 1 aromatic rings. The zero-order valence-electron chi connectivity index (χ0n) is 15.4.